The minimum Gasteiger partial charge on any atom is -0.394 e. The van der Waals surface area contributed by atoms with Gasteiger partial charge in [0, 0.05) is 0 Å². The van der Waals surface area contributed by atoms with E-state index in [2.05, 4.69) is 54.5 Å². The van der Waals surface area contributed by atoms with Gasteiger partial charge < -0.3 is 35.4 Å². The zero-order chi connectivity index (χ0) is 33.8. The summed E-state index contributed by atoms with van der Waals surface area (Å²) in [5, 5.41) is 63.7. The molecule has 6 N–H and O–H groups in total. The molecule has 1 saturated heterocycles. The van der Waals surface area contributed by atoms with E-state index in [-0.39, 0.29) is 39.1 Å². The highest BCUT2D eigenvalue weighted by atomic mass is 17.2. The van der Waals surface area contributed by atoms with E-state index >= 15 is 0 Å². The van der Waals surface area contributed by atoms with Gasteiger partial charge >= 0.3 is 5.97 Å². The number of fused-ring (bicyclic) bond motifs is 7. The van der Waals surface area contributed by atoms with Gasteiger partial charge in [0.05, 0.1) is 18.8 Å². The van der Waals surface area contributed by atoms with Gasteiger partial charge in [-0.15, -0.1) is 4.89 Å². The van der Waals surface area contributed by atoms with Crippen molar-refractivity contribution in [3.63, 3.8) is 0 Å². The molecule has 5 fully saturated rings. The van der Waals surface area contributed by atoms with Crippen LogP contribution < -0.4 is 0 Å². The first kappa shape index (κ1) is 34.7. The van der Waals surface area contributed by atoms with Gasteiger partial charge in [-0.1, -0.05) is 60.1 Å². The van der Waals surface area contributed by atoms with Crippen LogP contribution in [0.2, 0.25) is 0 Å². The maximum atomic E-state index is 14.2. The van der Waals surface area contributed by atoms with E-state index in [1.165, 1.54) is 5.57 Å². The summed E-state index contributed by atoms with van der Waals surface area (Å²) in [6.07, 6.45) is 0.162. The molecule has 10 heteroatoms. The topological polar surface area (TPSA) is 166 Å². The second kappa shape index (κ2) is 11.2. The maximum absolute atomic E-state index is 14.2. The molecule has 1 unspecified atom stereocenters. The Hall–Kier alpha value is -1.11. The molecule has 14 atom stereocenters. The molecular formula is C36H58O10. The van der Waals surface area contributed by atoms with E-state index in [4.69, 9.17) is 14.5 Å². The molecule has 0 bridgehead atoms. The number of hydrogen-bond donors (Lipinski definition) is 6. The largest absolute Gasteiger partial charge is 0.394 e. The Morgan fingerprint density at radius 3 is 2.22 bits per heavy atom. The Kier molecular flexibility index (Phi) is 8.46. The van der Waals surface area contributed by atoms with Gasteiger partial charge in [-0.25, -0.2) is 4.79 Å². The van der Waals surface area contributed by atoms with Crippen molar-refractivity contribution >= 4 is 5.97 Å². The molecule has 1 aliphatic heterocycles. The van der Waals surface area contributed by atoms with Gasteiger partial charge in [0.2, 0.25) is 6.29 Å². The van der Waals surface area contributed by atoms with Crippen LogP contribution in [-0.4, -0.2) is 86.1 Å². The van der Waals surface area contributed by atoms with Crippen LogP contribution in [0.25, 0.3) is 0 Å². The zero-order valence-corrected chi connectivity index (χ0v) is 28.7. The predicted molar refractivity (Wildman–Crippen MR) is 167 cm³/mol. The molecule has 262 valence electrons. The van der Waals surface area contributed by atoms with Crippen LogP contribution in [0.3, 0.4) is 0 Å². The van der Waals surface area contributed by atoms with Crippen molar-refractivity contribution in [3.05, 3.63) is 11.6 Å². The number of rotatable bonds is 4. The van der Waals surface area contributed by atoms with Crippen LogP contribution >= 0.6 is 0 Å². The summed E-state index contributed by atoms with van der Waals surface area (Å²) in [7, 11) is 0. The highest BCUT2D eigenvalue weighted by Gasteiger charge is 2.71. The fourth-order valence-corrected chi connectivity index (χ4v) is 12.0. The van der Waals surface area contributed by atoms with Crippen molar-refractivity contribution in [1.82, 2.24) is 0 Å². The number of carbonyl (C=O) groups is 1. The number of allylic oxidation sites excluding steroid dienone is 2. The molecule has 4 saturated carbocycles. The van der Waals surface area contributed by atoms with Crippen molar-refractivity contribution in [2.45, 2.75) is 149 Å². The first-order valence-electron chi connectivity index (χ1n) is 17.5. The Bertz CT molecular complexity index is 1230. The Balaban J connectivity index is 1.33. The van der Waals surface area contributed by atoms with E-state index in [0.717, 1.165) is 32.1 Å². The second-order valence-electron chi connectivity index (χ2n) is 18.0. The van der Waals surface area contributed by atoms with Crippen LogP contribution in [-0.2, 0) is 19.3 Å². The highest BCUT2D eigenvalue weighted by Crippen LogP contribution is 2.75. The fraction of sp³-hybridized carbons (Fsp3) is 0.917. The van der Waals surface area contributed by atoms with Gasteiger partial charge in [-0.2, -0.15) is 0 Å². The van der Waals surface area contributed by atoms with Gasteiger partial charge in [0.15, 0.2) is 0 Å². The molecule has 0 aromatic heterocycles. The lowest BCUT2D eigenvalue weighted by Crippen LogP contribution is -2.67. The van der Waals surface area contributed by atoms with Crippen LogP contribution in [0.5, 0.6) is 0 Å². The van der Waals surface area contributed by atoms with E-state index in [9.17, 15) is 35.4 Å². The average Bonchev–Trinajstić information content (AvgIpc) is 2.98. The minimum atomic E-state index is -1.72. The minimum absolute atomic E-state index is 0.0459. The molecule has 0 aromatic carbocycles. The molecule has 6 rings (SSSR count). The maximum Gasteiger partial charge on any atom is 0.351 e. The summed E-state index contributed by atoms with van der Waals surface area (Å²) >= 11 is 0. The Labute approximate surface area is 273 Å². The van der Waals surface area contributed by atoms with E-state index in [1.54, 1.807) is 0 Å². The molecule has 10 nitrogen and oxygen atoms in total. The van der Waals surface area contributed by atoms with Crippen molar-refractivity contribution < 1.29 is 49.9 Å². The number of ether oxygens (including phenoxy) is 1. The lowest BCUT2D eigenvalue weighted by atomic mass is 9.33. The van der Waals surface area contributed by atoms with Crippen LogP contribution in [0, 0.1) is 50.2 Å². The summed E-state index contributed by atoms with van der Waals surface area (Å²) in [6, 6.07) is 0. The number of aliphatic hydroxyl groups excluding tert-OH is 6. The second-order valence-corrected chi connectivity index (χ2v) is 18.0. The van der Waals surface area contributed by atoms with Gasteiger partial charge in [0.25, 0.3) is 0 Å². The third-order valence-electron chi connectivity index (χ3n) is 15.1. The third-order valence-corrected chi connectivity index (χ3v) is 15.1. The van der Waals surface area contributed by atoms with Crippen molar-refractivity contribution in [3.8, 4) is 0 Å². The Morgan fingerprint density at radius 1 is 0.848 bits per heavy atom. The summed E-state index contributed by atoms with van der Waals surface area (Å²) in [5.74, 6) is -0.247. The lowest BCUT2D eigenvalue weighted by Gasteiger charge is -2.71. The van der Waals surface area contributed by atoms with Gasteiger partial charge in [0.1, 0.15) is 29.8 Å². The molecular weight excluding hydrogens is 592 g/mol. The zero-order valence-electron chi connectivity index (χ0n) is 28.7. The molecule has 0 radical (unpaired) electrons. The molecule has 46 heavy (non-hydrogen) atoms. The smallest absolute Gasteiger partial charge is 0.351 e. The third kappa shape index (κ3) is 4.67. The highest BCUT2D eigenvalue weighted by molar-refractivity contribution is 5.79. The first-order valence-corrected chi connectivity index (χ1v) is 17.5. The van der Waals surface area contributed by atoms with Crippen molar-refractivity contribution in [1.29, 1.82) is 0 Å². The van der Waals surface area contributed by atoms with Gasteiger partial charge in [-0.05, 0) is 103 Å². The molecule has 5 aliphatic carbocycles. The molecule has 0 spiro atoms. The van der Waals surface area contributed by atoms with E-state index < -0.39 is 54.8 Å². The number of aliphatic hydroxyl groups is 6. The number of carbonyl (C=O) groups excluding carboxylic acids is 1. The monoisotopic (exact) mass is 650 g/mol. The molecule has 6 aliphatic rings. The number of hydrogen-bond acceptors (Lipinski definition) is 10. The quantitative estimate of drug-likeness (QED) is 0.151. The standard InChI is InChI=1S/C36H58O10/c1-31(2)14-15-36(30(43)46-45-29-28(42)27(41)26(40)21(18-37)44-29)20(16-31)19-8-9-23-33(5)12-11-24(38)32(3,4)22(33)10-13-34(23,6)35(19,7)17-25(36)39/h8,20-29,37-42H,9-18H2,1-7H3/t20-,21-,22?,23-,24+,25-,26+,27+,28-,29+,33+,34-,35-,36-/m1/s1. The van der Waals surface area contributed by atoms with Crippen LogP contribution in [0.4, 0.5) is 0 Å². The molecule has 1 heterocycles. The van der Waals surface area contributed by atoms with Gasteiger partial charge in [-0.3, -0.25) is 4.89 Å². The lowest BCUT2D eigenvalue weighted by molar-refractivity contribution is -0.410. The summed E-state index contributed by atoms with van der Waals surface area (Å²) < 4.78 is 5.41. The molecule has 0 amide bonds. The SMILES string of the molecule is CC1(C)CC[C@]2(C(=O)OO[C@@H]3O[C@H](CO)[C@H](O)[C@H](O)[C@H]3O)[C@H](O)C[C@]3(C)C(=CC[C@@H]4[C@@]5(C)CC[C@H](O)C(C)(C)C5CC[C@]43C)[C@H]2C1. The Morgan fingerprint density at radius 2 is 1.54 bits per heavy atom. The molecule has 0 aromatic rings. The summed E-state index contributed by atoms with van der Waals surface area (Å²) in [6.45, 7) is 15.4. The fourth-order valence-electron chi connectivity index (χ4n) is 12.0. The average molecular weight is 651 g/mol. The van der Waals surface area contributed by atoms with Crippen LogP contribution in [0.1, 0.15) is 106 Å². The van der Waals surface area contributed by atoms with Crippen molar-refractivity contribution in [2.75, 3.05) is 6.61 Å². The summed E-state index contributed by atoms with van der Waals surface area (Å²) in [4.78, 5) is 25.0. The van der Waals surface area contributed by atoms with E-state index in [0.29, 0.717) is 37.5 Å². The normalized spacial score (nSPS) is 52.7. The van der Waals surface area contributed by atoms with Crippen molar-refractivity contribution in [2.24, 2.45) is 50.2 Å². The van der Waals surface area contributed by atoms with Crippen LogP contribution in [0.15, 0.2) is 11.6 Å². The van der Waals surface area contributed by atoms with E-state index in [1.807, 2.05) is 0 Å². The summed E-state index contributed by atoms with van der Waals surface area (Å²) in [5.41, 5.74) is -0.711. The predicted octanol–water partition coefficient (Wildman–Crippen LogP) is 3.39. The first-order chi connectivity index (χ1) is 21.3.